The Balaban J connectivity index is 2.41. The molecule has 1 aromatic carbocycles. The maximum absolute atomic E-state index is 12.6. The lowest BCUT2D eigenvalue weighted by Gasteiger charge is -2.24. The molecule has 0 radical (unpaired) electrons. The third-order valence-corrected chi connectivity index (χ3v) is 6.09. The maximum atomic E-state index is 12.6. The number of nitrogens with zero attached hydrogens (tertiary/aromatic N) is 1. The van der Waals surface area contributed by atoms with Crippen LogP contribution in [0.4, 0.5) is 5.69 Å². The van der Waals surface area contributed by atoms with Gasteiger partial charge in [0, 0.05) is 13.1 Å². The predicted octanol–water partition coefficient (Wildman–Crippen LogP) is 2.45. The second-order valence-electron chi connectivity index (χ2n) is 5.43. The Morgan fingerprint density at radius 3 is 2.26 bits per heavy atom. The highest BCUT2D eigenvalue weighted by molar-refractivity contribution is 7.89. The van der Waals surface area contributed by atoms with Gasteiger partial charge in [0.2, 0.25) is 10.0 Å². The highest BCUT2D eigenvalue weighted by Gasteiger charge is 2.31. The van der Waals surface area contributed by atoms with Crippen LogP contribution in [0.15, 0.2) is 17.0 Å². The molecule has 0 atom stereocenters. The Labute approximate surface area is 115 Å². The monoisotopic (exact) mass is 282 g/mol. The van der Waals surface area contributed by atoms with Crippen LogP contribution in [0.5, 0.6) is 0 Å². The lowest BCUT2D eigenvalue weighted by Crippen LogP contribution is -2.35. The van der Waals surface area contributed by atoms with Gasteiger partial charge in [-0.2, -0.15) is 4.31 Å². The molecule has 1 aliphatic rings. The van der Waals surface area contributed by atoms with Gasteiger partial charge in [-0.15, -0.1) is 0 Å². The molecule has 0 heterocycles. The van der Waals surface area contributed by atoms with Crippen molar-refractivity contribution in [2.75, 3.05) is 12.8 Å². The molecule has 2 rings (SSSR count). The van der Waals surface area contributed by atoms with Crippen LogP contribution in [-0.4, -0.2) is 25.8 Å². The van der Waals surface area contributed by atoms with Gasteiger partial charge in [0.25, 0.3) is 0 Å². The summed E-state index contributed by atoms with van der Waals surface area (Å²) in [5.41, 5.74) is 8.21. The second-order valence-corrected chi connectivity index (χ2v) is 7.40. The number of hydrogen-bond acceptors (Lipinski definition) is 3. The Morgan fingerprint density at radius 1 is 1.16 bits per heavy atom. The number of hydrogen-bond donors (Lipinski definition) is 1. The fourth-order valence-corrected chi connectivity index (χ4v) is 4.25. The van der Waals surface area contributed by atoms with Crippen LogP contribution in [0.1, 0.15) is 36.8 Å². The lowest BCUT2D eigenvalue weighted by atomic mass is 10.1. The van der Waals surface area contributed by atoms with Gasteiger partial charge < -0.3 is 5.73 Å². The zero-order valence-corrected chi connectivity index (χ0v) is 12.6. The van der Waals surface area contributed by atoms with Crippen LogP contribution < -0.4 is 5.73 Å². The topological polar surface area (TPSA) is 63.4 Å². The van der Waals surface area contributed by atoms with E-state index in [2.05, 4.69) is 0 Å². The molecule has 5 heteroatoms. The first-order valence-electron chi connectivity index (χ1n) is 6.69. The highest BCUT2D eigenvalue weighted by atomic mass is 32.2. The molecule has 0 aromatic heterocycles. The van der Waals surface area contributed by atoms with Gasteiger partial charge in [-0.3, -0.25) is 0 Å². The van der Waals surface area contributed by atoms with E-state index in [0.717, 1.165) is 36.8 Å². The van der Waals surface area contributed by atoms with E-state index in [1.807, 2.05) is 13.8 Å². The smallest absolute Gasteiger partial charge is 0.245 e. The molecule has 0 spiro atoms. The highest BCUT2D eigenvalue weighted by Crippen LogP contribution is 2.30. The summed E-state index contributed by atoms with van der Waals surface area (Å²) in [4.78, 5) is 0.241. The lowest BCUT2D eigenvalue weighted by molar-refractivity contribution is 0.373. The van der Waals surface area contributed by atoms with E-state index in [0.29, 0.717) is 5.69 Å². The van der Waals surface area contributed by atoms with Gasteiger partial charge in [-0.1, -0.05) is 12.8 Å². The molecule has 106 valence electrons. The normalized spacial score (nSPS) is 17.3. The standard InChI is InChI=1S/C14H22N2O2S/c1-10-8-13(15)14(9-11(10)2)19(17,18)16(3)12-6-4-5-7-12/h8-9,12H,4-7,15H2,1-3H3. The van der Waals surface area contributed by atoms with E-state index < -0.39 is 10.0 Å². The van der Waals surface area contributed by atoms with Crippen molar-refractivity contribution in [1.82, 2.24) is 4.31 Å². The van der Waals surface area contributed by atoms with Crippen LogP contribution in [-0.2, 0) is 10.0 Å². The number of nitrogens with two attached hydrogens (primary N) is 1. The van der Waals surface area contributed by atoms with Gasteiger partial charge in [-0.05, 0) is 49.9 Å². The van der Waals surface area contributed by atoms with Gasteiger partial charge >= 0.3 is 0 Å². The molecule has 0 saturated heterocycles. The van der Waals surface area contributed by atoms with Crippen molar-refractivity contribution in [3.05, 3.63) is 23.3 Å². The van der Waals surface area contributed by atoms with Crippen LogP contribution in [0, 0.1) is 13.8 Å². The van der Waals surface area contributed by atoms with Crippen molar-refractivity contribution in [2.24, 2.45) is 0 Å². The summed E-state index contributed by atoms with van der Waals surface area (Å²) in [6.45, 7) is 3.84. The van der Waals surface area contributed by atoms with Crippen molar-refractivity contribution >= 4 is 15.7 Å². The summed E-state index contributed by atoms with van der Waals surface area (Å²) < 4.78 is 26.8. The van der Waals surface area contributed by atoms with Gasteiger partial charge in [0.05, 0.1) is 5.69 Å². The van der Waals surface area contributed by atoms with E-state index in [-0.39, 0.29) is 10.9 Å². The van der Waals surface area contributed by atoms with Gasteiger partial charge in [0.1, 0.15) is 4.90 Å². The Hall–Kier alpha value is -1.07. The van der Waals surface area contributed by atoms with Crippen LogP contribution in [0.2, 0.25) is 0 Å². The number of anilines is 1. The Bertz CT molecular complexity index is 575. The zero-order chi connectivity index (χ0) is 14.2. The molecule has 1 aromatic rings. The van der Waals surface area contributed by atoms with Crippen molar-refractivity contribution in [1.29, 1.82) is 0 Å². The first-order chi connectivity index (χ1) is 8.84. The minimum atomic E-state index is -3.48. The van der Waals surface area contributed by atoms with Crippen molar-refractivity contribution < 1.29 is 8.42 Å². The molecule has 1 fully saturated rings. The van der Waals surface area contributed by atoms with E-state index in [1.54, 1.807) is 19.2 Å². The Kier molecular flexibility index (Phi) is 3.87. The number of sulfonamides is 1. The van der Waals surface area contributed by atoms with Crippen LogP contribution in [0.25, 0.3) is 0 Å². The average molecular weight is 282 g/mol. The summed E-state index contributed by atoms with van der Waals surface area (Å²) >= 11 is 0. The molecule has 0 bridgehead atoms. The maximum Gasteiger partial charge on any atom is 0.245 e. The van der Waals surface area contributed by atoms with E-state index >= 15 is 0 Å². The summed E-state index contributed by atoms with van der Waals surface area (Å²) in [6, 6.07) is 3.54. The molecular weight excluding hydrogens is 260 g/mol. The van der Waals surface area contributed by atoms with Crippen molar-refractivity contribution in [2.45, 2.75) is 50.5 Å². The van der Waals surface area contributed by atoms with Crippen molar-refractivity contribution in [3.63, 3.8) is 0 Å². The van der Waals surface area contributed by atoms with E-state index in [9.17, 15) is 8.42 Å². The number of benzene rings is 1. The average Bonchev–Trinajstić information content (AvgIpc) is 2.86. The SMILES string of the molecule is Cc1cc(N)c(S(=O)(=O)N(C)C2CCCC2)cc1C. The largest absolute Gasteiger partial charge is 0.398 e. The van der Waals surface area contributed by atoms with E-state index in [1.165, 1.54) is 4.31 Å². The van der Waals surface area contributed by atoms with Crippen LogP contribution in [0.3, 0.4) is 0 Å². The van der Waals surface area contributed by atoms with Gasteiger partial charge in [0.15, 0.2) is 0 Å². The quantitative estimate of drug-likeness (QED) is 0.866. The molecule has 1 aliphatic carbocycles. The zero-order valence-electron chi connectivity index (χ0n) is 11.8. The third-order valence-electron chi connectivity index (χ3n) is 4.12. The fraction of sp³-hybridized carbons (Fsp3) is 0.571. The molecule has 4 nitrogen and oxygen atoms in total. The number of aryl methyl sites for hydroxylation is 2. The molecule has 19 heavy (non-hydrogen) atoms. The molecule has 0 aliphatic heterocycles. The van der Waals surface area contributed by atoms with Crippen molar-refractivity contribution in [3.8, 4) is 0 Å². The summed E-state index contributed by atoms with van der Waals surface area (Å²) in [6.07, 6.45) is 4.10. The van der Waals surface area contributed by atoms with Gasteiger partial charge in [-0.25, -0.2) is 8.42 Å². The molecule has 2 N–H and O–H groups in total. The molecule has 0 unspecified atom stereocenters. The number of rotatable bonds is 3. The Morgan fingerprint density at radius 2 is 1.68 bits per heavy atom. The fourth-order valence-electron chi connectivity index (χ4n) is 2.65. The van der Waals surface area contributed by atoms with Crippen LogP contribution >= 0.6 is 0 Å². The molecule has 0 amide bonds. The summed E-state index contributed by atoms with van der Waals surface area (Å²) in [7, 11) is -1.82. The van der Waals surface area contributed by atoms with E-state index in [4.69, 9.17) is 5.73 Å². The minimum Gasteiger partial charge on any atom is -0.398 e. The second kappa shape index (κ2) is 5.13. The first kappa shape index (κ1) is 14.3. The minimum absolute atomic E-state index is 0.117. The third kappa shape index (κ3) is 2.62. The number of nitrogen functional groups attached to an aromatic ring is 1. The first-order valence-corrected chi connectivity index (χ1v) is 8.13. The molecule has 1 saturated carbocycles. The summed E-state index contributed by atoms with van der Waals surface area (Å²) in [5.74, 6) is 0. The predicted molar refractivity (Wildman–Crippen MR) is 77.5 cm³/mol. The summed E-state index contributed by atoms with van der Waals surface area (Å²) in [5, 5.41) is 0. The molecular formula is C14H22N2O2S.